The second-order valence-electron chi connectivity index (χ2n) is 7.68. The summed E-state index contributed by atoms with van der Waals surface area (Å²) < 4.78 is 0. The lowest BCUT2D eigenvalue weighted by Gasteiger charge is -2.15. The molecule has 0 spiro atoms. The Hall–Kier alpha value is -3.21. The normalized spacial score (nSPS) is 13.3. The Morgan fingerprint density at radius 3 is 2.55 bits per heavy atom. The zero-order valence-corrected chi connectivity index (χ0v) is 17.0. The van der Waals surface area contributed by atoms with Gasteiger partial charge in [-0.1, -0.05) is 31.2 Å². The minimum atomic E-state index is -0.162. The number of aryl methyl sites for hydroxylation is 2. The molecular weight excluding hydrogens is 362 g/mol. The van der Waals surface area contributed by atoms with Gasteiger partial charge in [-0.3, -0.25) is 14.6 Å². The van der Waals surface area contributed by atoms with Crippen LogP contribution in [0.1, 0.15) is 46.9 Å². The first-order valence-corrected chi connectivity index (χ1v) is 10.1. The van der Waals surface area contributed by atoms with Crippen molar-refractivity contribution in [3.05, 3.63) is 64.8 Å². The van der Waals surface area contributed by atoms with E-state index < -0.39 is 0 Å². The van der Waals surface area contributed by atoms with Crippen molar-refractivity contribution in [2.45, 2.75) is 40.0 Å². The third-order valence-corrected chi connectivity index (χ3v) is 5.50. The maximum Gasteiger partial charge on any atom is 0.256 e. The number of nitrogens with zero attached hydrogens (tertiary/aromatic N) is 1. The van der Waals surface area contributed by atoms with Gasteiger partial charge in [0.1, 0.15) is 0 Å². The highest BCUT2D eigenvalue weighted by atomic mass is 16.2. The van der Waals surface area contributed by atoms with E-state index in [-0.39, 0.29) is 17.7 Å². The Kier molecular flexibility index (Phi) is 5.05. The van der Waals surface area contributed by atoms with Crippen molar-refractivity contribution in [2.75, 3.05) is 10.6 Å². The molecule has 4 rings (SSSR count). The highest BCUT2D eigenvalue weighted by Gasteiger charge is 2.29. The number of fused-ring (bicyclic) bond motifs is 1. The van der Waals surface area contributed by atoms with Crippen LogP contribution in [-0.2, 0) is 11.2 Å². The molecule has 2 amide bonds. The van der Waals surface area contributed by atoms with Crippen molar-refractivity contribution < 1.29 is 9.59 Å². The Morgan fingerprint density at radius 1 is 1.07 bits per heavy atom. The van der Waals surface area contributed by atoms with Crippen LogP contribution in [0.3, 0.4) is 0 Å². The van der Waals surface area contributed by atoms with E-state index in [0.717, 1.165) is 47.0 Å². The number of aromatic nitrogens is 1. The predicted molar refractivity (Wildman–Crippen MR) is 116 cm³/mol. The van der Waals surface area contributed by atoms with E-state index in [1.807, 2.05) is 63.2 Å². The second-order valence-corrected chi connectivity index (χ2v) is 7.68. The summed E-state index contributed by atoms with van der Waals surface area (Å²) in [5, 5.41) is 6.84. The average molecular weight is 387 g/mol. The number of rotatable bonds is 5. The Morgan fingerprint density at radius 2 is 1.83 bits per heavy atom. The topological polar surface area (TPSA) is 71.1 Å². The van der Waals surface area contributed by atoms with Crippen LogP contribution in [0, 0.1) is 19.8 Å². The Labute approximate surface area is 170 Å². The molecular formula is C24H25N3O2. The molecule has 0 unspecified atom stereocenters. The van der Waals surface area contributed by atoms with Gasteiger partial charge in [0.2, 0.25) is 5.91 Å². The molecule has 2 aromatic carbocycles. The molecule has 1 aliphatic carbocycles. The Bertz CT molecular complexity index is 1120. The molecule has 0 bridgehead atoms. The summed E-state index contributed by atoms with van der Waals surface area (Å²) in [5.41, 5.74) is 5.64. The lowest BCUT2D eigenvalue weighted by Crippen LogP contribution is -2.17. The van der Waals surface area contributed by atoms with Gasteiger partial charge in [0.05, 0.1) is 11.1 Å². The molecule has 148 valence electrons. The highest BCUT2D eigenvalue weighted by Crippen LogP contribution is 2.31. The summed E-state index contributed by atoms with van der Waals surface area (Å²) in [4.78, 5) is 30.1. The number of nitrogens with one attached hydrogen (secondary N) is 2. The monoisotopic (exact) mass is 387 g/mol. The number of carbonyl (C=O) groups is 2. The van der Waals surface area contributed by atoms with Crippen molar-refractivity contribution in [2.24, 2.45) is 5.92 Å². The second kappa shape index (κ2) is 7.66. The fraction of sp³-hybridized carbons (Fsp3) is 0.292. The molecule has 1 aliphatic rings. The smallest absolute Gasteiger partial charge is 0.256 e. The molecule has 3 aromatic rings. The van der Waals surface area contributed by atoms with Crippen LogP contribution in [-0.4, -0.2) is 16.8 Å². The van der Waals surface area contributed by atoms with Gasteiger partial charge in [0, 0.05) is 28.4 Å². The number of pyridine rings is 1. The van der Waals surface area contributed by atoms with E-state index in [9.17, 15) is 9.59 Å². The summed E-state index contributed by atoms with van der Waals surface area (Å²) in [6.45, 7) is 5.94. The van der Waals surface area contributed by atoms with Crippen LogP contribution in [0.5, 0.6) is 0 Å². The van der Waals surface area contributed by atoms with E-state index in [4.69, 9.17) is 4.98 Å². The summed E-state index contributed by atoms with van der Waals surface area (Å²) >= 11 is 0. The van der Waals surface area contributed by atoms with Crippen molar-refractivity contribution in [3.63, 3.8) is 0 Å². The number of benzene rings is 2. The van der Waals surface area contributed by atoms with Crippen LogP contribution in [0.25, 0.3) is 10.9 Å². The predicted octanol–water partition coefficient (Wildman–Crippen LogP) is 5.01. The van der Waals surface area contributed by atoms with Crippen LogP contribution in [0.4, 0.5) is 11.4 Å². The highest BCUT2D eigenvalue weighted by molar-refractivity contribution is 6.14. The summed E-state index contributed by atoms with van der Waals surface area (Å²) in [5.74, 6) is 0.0203. The van der Waals surface area contributed by atoms with Crippen LogP contribution >= 0.6 is 0 Å². The van der Waals surface area contributed by atoms with Gasteiger partial charge >= 0.3 is 0 Å². The van der Waals surface area contributed by atoms with E-state index in [1.165, 1.54) is 0 Å². The van der Waals surface area contributed by atoms with E-state index in [0.29, 0.717) is 16.9 Å². The standard InChI is InChI=1S/C24H25N3O2/c1-4-19-15(3)22(18-7-5-6-8-20(18)26-19)24(29)27-21-13-17(12-9-14(21)2)25-23(28)16-10-11-16/h5-9,12-13,16H,4,10-11H2,1-3H3,(H,25,28)(H,27,29). The number of amides is 2. The van der Waals surface area contributed by atoms with Gasteiger partial charge in [-0.15, -0.1) is 0 Å². The van der Waals surface area contributed by atoms with Gasteiger partial charge in [-0.05, 0) is 62.4 Å². The first kappa shape index (κ1) is 19.1. The molecule has 0 atom stereocenters. The molecule has 0 radical (unpaired) electrons. The molecule has 5 heteroatoms. The zero-order chi connectivity index (χ0) is 20.5. The lowest BCUT2D eigenvalue weighted by molar-refractivity contribution is -0.117. The van der Waals surface area contributed by atoms with Crippen molar-refractivity contribution >= 4 is 34.1 Å². The molecule has 0 saturated heterocycles. The van der Waals surface area contributed by atoms with Crippen LogP contribution in [0.2, 0.25) is 0 Å². The van der Waals surface area contributed by atoms with Crippen molar-refractivity contribution in [1.82, 2.24) is 4.98 Å². The minimum Gasteiger partial charge on any atom is -0.326 e. The molecule has 29 heavy (non-hydrogen) atoms. The molecule has 1 saturated carbocycles. The van der Waals surface area contributed by atoms with Gasteiger partial charge < -0.3 is 10.6 Å². The average Bonchev–Trinajstić information content (AvgIpc) is 3.55. The van der Waals surface area contributed by atoms with Crippen molar-refractivity contribution in [3.8, 4) is 0 Å². The van der Waals surface area contributed by atoms with Gasteiger partial charge in [0.15, 0.2) is 0 Å². The third-order valence-electron chi connectivity index (χ3n) is 5.50. The number of hydrogen-bond donors (Lipinski definition) is 2. The van der Waals surface area contributed by atoms with Gasteiger partial charge in [-0.2, -0.15) is 0 Å². The van der Waals surface area contributed by atoms with E-state index in [1.54, 1.807) is 0 Å². The number of carbonyl (C=O) groups excluding carboxylic acids is 2. The van der Waals surface area contributed by atoms with Crippen LogP contribution in [0.15, 0.2) is 42.5 Å². The first-order chi connectivity index (χ1) is 14.0. The molecule has 5 nitrogen and oxygen atoms in total. The molecule has 1 heterocycles. The SMILES string of the molecule is CCc1nc2ccccc2c(C(=O)Nc2cc(NC(=O)C3CC3)ccc2C)c1C. The number of anilines is 2. The van der Waals surface area contributed by atoms with Gasteiger partial charge in [-0.25, -0.2) is 0 Å². The molecule has 2 N–H and O–H groups in total. The zero-order valence-electron chi connectivity index (χ0n) is 17.0. The third kappa shape index (κ3) is 3.86. The molecule has 1 fully saturated rings. The molecule has 1 aromatic heterocycles. The largest absolute Gasteiger partial charge is 0.326 e. The van der Waals surface area contributed by atoms with Gasteiger partial charge in [0.25, 0.3) is 5.91 Å². The fourth-order valence-electron chi connectivity index (χ4n) is 3.60. The maximum atomic E-state index is 13.3. The fourth-order valence-corrected chi connectivity index (χ4v) is 3.60. The summed E-state index contributed by atoms with van der Waals surface area (Å²) in [7, 11) is 0. The van der Waals surface area contributed by atoms with Crippen molar-refractivity contribution in [1.29, 1.82) is 0 Å². The summed E-state index contributed by atoms with van der Waals surface area (Å²) in [6.07, 6.45) is 2.67. The maximum absolute atomic E-state index is 13.3. The van der Waals surface area contributed by atoms with E-state index >= 15 is 0 Å². The van der Waals surface area contributed by atoms with E-state index in [2.05, 4.69) is 10.6 Å². The first-order valence-electron chi connectivity index (χ1n) is 10.1. The molecule has 0 aliphatic heterocycles. The lowest BCUT2D eigenvalue weighted by atomic mass is 9.99. The van der Waals surface area contributed by atoms with Crippen LogP contribution < -0.4 is 10.6 Å². The quantitative estimate of drug-likeness (QED) is 0.646. The summed E-state index contributed by atoms with van der Waals surface area (Å²) in [6, 6.07) is 13.3. The number of hydrogen-bond acceptors (Lipinski definition) is 3. The number of para-hydroxylation sites is 1. The Balaban J connectivity index is 1.68. The minimum absolute atomic E-state index is 0.0506.